The molecule has 0 spiro atoms. The third-order valence-electron chi connectivity index (χ3n) is 5.50. The topological polar surface area (TPSA) is 115 Å². The Morgan fingerprint density at radius 2 is 2.30 bits per heavy atom. The first-order valence-electron chi connectivity index (χ1n) is 9.99. The summed E-state index contributed by atoms with van der Waals surface area (Å²) in [5.41, 5.74) is 0.746. The number of carbonyl (C=O) groups excluding carboxylic acids is 2. The number of hydrogen-bond acceptors (Lipinski definition) is 7. The second-order valence-corrected chi connectivity index (χ2v) is 7.35. The molecule has 9 heteroatoms. The average Bonchev–Trinajstić information content (AvgIpc) is 3.23. The smallest absolute Gasteiger partial charge is 0.330 e. The van der Waals surface area contributed by atoms with Crippen molar-refractivity contribution in [1.29, 1.82) is 5.26 Å². The fourth-order valence-electron chi connectivity index (χ4n) is 3.84. The Labute approximate surface area is 175 Å². The van der Waals surface area contributed by atoms with Gasteiger partial charge in [-0.15, -0.1) is 0 Å². The minimum atomic E-state index is -0.393. The number of likely N-dealkylation sites (tertiary alicyclic amines) is 1. The van der Waals surface area contributed by atoms with Gasteiger partial charge in [0, 0.05) is 31.9 Å². The molecule has 1 aliphatic heterocycles. The van der Waals surface area contributed by atoms with E-state index < -0.39 is 5.97 Å². The monoisotopic (exact) mass is 410 g/mol. The number of carbonyl (C=O) groups is 2. The van der Waals surface area contributed by atoms with Crippen molar-refractivity contribution in [2.45, 2.75) is 32.2 Å². The van der Waals surface area contributed by atoms with E-state index in [1.807, 2.05) is 18.3 Å². The molecule has 9 nitrogen and oxygen atoms in total. The number of anilines is 1. The van der Waals surface area contributed by atoms with E-state index in [1.54, 1.807) is 11.0 Å². The van der Waals surface area contributed by atoms with Crippen molar-refractivity contribution in [3.05, 3.63) is 30.7 Å². The van der Waals surface area contributed by atoms with Gasteiger partial charge in [0.1, 0.15) is 24.2 Å². The SMILES string of the molecule is COC(=O)/C=C/CCN(c1ncnc2[nH]ccc12)[C@H]1CN(C(=O)CC#N)CC[C@H]1C. The van der Waals surface area contributed by atoms with E-state index in [9.17, 15) is 9.59 Å². The third kappa shape index (κ3) is 4.76. The maximum atomic E-state index is 12.3. The highest BCUT2D eigenvalue weighted by Crippen LogP contribution is 2.30. The normalized spacial score (nSPS) is 19.0. The van der Waals surface area contributed by atoms with Crippen LogP contribution >= 0.6 is 0 Å². The van der Waals surface area contributed by atoms with Gasteiger partial charge in [-0.25, -0.2) is 14.8 Å². The first-order valence-corrected chi connectivity index (χ1v) is 9.99. The van der Waals surface area contributed by atoms with Crippen LogP contribution in [-0.4, -0.2) is 64.5 Å². The summed E-state index contributed by atoms with van der Waals surface area (Å²) < 4.78 is 4.65. The fourth-order valence-corrected chi connectivity index (χ4v) is 3.84. The predicted molar refractivity (Wildman–Crippen MR) is 111 cm³/mol. The molecule has 1 amide bonds. The number of nitriles is 1. The summed E-state index contributed by atoms with van der Waals surface area (Å²) in [6.07, 6.45) is 7.89. The molecule has 1 aliphatic rings. The van der Waals surface area contributed by atoms with Gasteiger partial charge in [-0.3, -0.25) is 4.79 Å². The van der Waals surface area contributed by atoms with Crippen LogP contribution in [0.2, 0.25) is 0 Å². The summed E-state index contributed by atoms with van der Waals surface area (Å²) in [5.74, 6) is 0.578. The standard InChI is InChI=1S/C21H26N6O3/c1-15-8-12-26(18(28)6-9-22)13-17(15)27(11-4-3-5-19(29)30-2)21-16-7-10-23-20(16)24-14-25-21/h3,5,7,10,14-15,17H,4,6,8,11-13H2,1-2H3,(H,23,24,25)/b5-3+/t15-,17+/m1/s1. The molecule has 2 aromatic rings. The number of methoxy groups -OCH3 is 1. The third-order valence-corrected chi connectivity index (χ3v) is 5.50. The van der Waals surface area contributed by atoms with Crippen LogP contribution in [0.3, 0.4) is 0 Å². The van der Waals surface area contributed by atoms with Crippen LogP contribution in [0.25, 0.3) is 11.0 Å². The molecule has 1 fully saturated rings. The van der Waals surface area contributed by atoms with Crippen LogP contribution in [0.5, 0.6) is 0 Å². The molecular formula is C21H26N6O3. The molecule has 2 aromatic heterocycles. The molecule has 0 bridgehead atoms. The van der Waals surface area contributed by atoms with E-state index in [0.717, 1.165) is 23.3 Å². The van der Waals surface area contributed by atoms with E-state index >= 15 is 0 Å². The van der Waals surface area contributed by atoms with Crippen LogP contribution in [0.1, 0.15) is 26.2 Å². The number of piperidine rings is 1. The van der Waals surface area contributed by atoms with E-state index in [2.05, 4.69) is 31.5 Å². The quantitative estimate of drug-likeness (QED) is 0.548. The molecule has 3 heterocycles. The maximum Gasteiger partial charge on any atom is 0.330 e. The minimum Gasteiger partial charge on any atom is -0.466 e. The van der Waals surface area contributed by atoms with Gasteiger partial charge in [0.25, 0.3) is 0 Å². The van der Waals surface area contributed by atoms with Gasteiger partial charge in [0.2, 0.25) is 5.91 Å². The molecule has 0 aromatic carbocycles. The van der Waals surface area contributed by atoms with Crippen LogP contribution < -0.4 is 4.90 Å². The summed E-state index contributed by atoms with van der Waals surface area (Å²) >= 11 is 0. The number of esters is 1. The van der Waals surface area contributed by atoms with E-state index in [1.165, 1.54) is 19.5 Å². The number of amides is 1. The van der Waals surface area contributed by atoms with Crippen molar-refractivity contribution < 1.29 is 14.3 Å². The first-order chi connectivity index (χ1) is 14.5. The second kappa shape index (κ2) is 9.87. The molecule has 0 aliphatic carbocycles. The summed E-state index contributed by atoms with van der Waals surface area (Å²) in [7, 11) is 1.35. The van der Waals surface area contributed by atoms with Crippen molar-refractivity contribution in [2.75, 3.05) is 31.6 Å². The van der Waals surface area contributed by atoms with Gasteiger partial charge in [-0.05, 0) is 24.8 Å². The first kappa shape index (κ1) is 21.3. The number of aromatic amines is 1. The van der Waals surface area contributed by atoms with Crippen LogP contribution in [-0.2, 0) is 14.3 Å². The van der Waals surface area contributed by atoms with Crippen molar-refractivity contribution in [3.63, 3.8) is 0 Å². The Hall–Kier alpha value is -3.41. The summed E-state index contributed by atoms with van der Waals surface area (Å²) in [6, 6.07) is 3.92. The molecule has 0 radical (unpaired) electrons. The van der Waals surface area contributed by atoms with Crippen LogP contribution in [0, 0.1) is 17.2 Å². The number of rotatable bonds is 7. The van der Waals surface area contributed by atoms with Crippen LogP contribution in [0.4, 0.5) is 5.82 Å². The number of nitrogens with one attached hydrogen (secondary N) is 1. The minimum absolute atomic E-state index is 0.0286. The number of fused-ring (bicyclic) bond motifs is 1. The summed E-state index contributed by atoms with van der Waals surface area (Å²) in [5, 5.41) is 9.81. The highest BCUT2D eigenvalue weighted by molar-refractivity contribution is 5.87. The van der Waals surface area contributed by atoms with Crippen molar-refractivity contribution in [1.82, 2.24) is 19.9 Å². The van der Waals surface area contributed by atoms with Gasteiger partial charge in [0.15, 0.2) is 0 Å². The zero-order chi connectivity index (χ0) is 21.5. The summed E-state index contributed by atoms with van der Waals surface area (Å²) in [6.45, 7) is 3.96. The van der Waals surface area contributed by atoms with Crippen LogP contribution in [0.15, 0.2) is 30.7 Å². The lowest BCUT2D eigenvalue weighted by Crippen LogP contribution is -2.54. The molecule has 0 unspecified atom stereocenters. The Morgan fingerprint density at radius 1 is 1.47 bits per heavy atom. The molecule has 1 N–H and O–H groups in total. The Balaban J connectivity index is 1.89. The largest absolute Gasteiger partial charge is 0.466 e. The Kier molecular flexibility index (Phi) is 7.01. The highest BCUT2D eigenvalue weighted by atomic mass is 16.5. The lowest BCUT2D eigenvalue weighted by molar-refractivity contribution is -0.135. The number of nitrogens with zero attached hydrogens (tertiary/aromatic N) is 5. The van der Waals surface area contributed by atoms with Gasteiger partial charge >= 0.3 is 5.97 Å². The van der Waals surface area contributed by atoms with Crippen molar-refractivity contribution >= 4 is 28.7 Å². The lowest BCUT2D eigenvalue weighted by Gasteiger charge is -2.43. The van der Waals surface area contributed by atoms with Gasteiger partial charge < -0.3 is 19.5 Å². The number of ether oxygens (including phenoxy) is 1. The lowest BCUT2D eigenvalue weighted by atomic mass is 9.91. The zero-order valence-electron chi connectivity index (χ0n) is 17.2. The molecule has 30 heavy (non-hydrogen) atoms. The Morgan fingerprint density at radius 3 is 3.07 bits per heavy atom. The highest BCUT2D eigenvalue weighted by Gasteiger charge is 2.34. The van der Waals surface area contributed by atoms with E-state index in [-0.39, 0.29) is 18.4 Å². The molecule has 158 valence electrons. The number of hydrogen-bond donors (Lipinski definition) is 1. The molecule has 1 saturated heterocycles. The van der Waals surface area contributed by atoms with Gasteiger partial charge in [-0.1, -0.05) is 13.0 Å². The van der Waals surface area contributed by atoms with E-state index in [4.69, 9.17) is 5.26 Å². The maximum absolute atomic E-state index is 12.3. The Bertz CT molecular complexity index is 963. The molecule has 0 saturated carbocycles. The molecule has 2 atom stereocenters. The average molecular weight is 410 g/mol. The number of H-pyrrole nitrogens is 1. The van der Waals surface area contributed by atoms with Gasteiger partial charge in [-0.2, -0.15) is 5.26 Å². The molecule has 3 rings (SSSR count). The summed E-state index contributed by atoms with van der Waals surface area (Å²) in [4.78, 5) is 39.6. The molecular weight excluding hydrogens is 384 g/mol. The predicted octanol–water partition coefficient (Wildman–Crippen LogP) is 2.03. The van der Waals surface area contributed by atoms with Gasteiger partial charge in [0.05, 0.1) is 24.6 Å². The number of aromatic nitrogens is 3. The second-order valence-electron chi connectivity index (χ2n) is 7.35. The fraction of sp³-hybridized carbons (Fsp3) is 0.476. The van der Waals surface area contributed by atoms with Crippen molar-refractivity contribution in [2.24, 2.45) is 5.92 Å². The van der Waals surface area contributed by atoms with E-state index in [0.29, 0.717) is 32.0 Å². The zero-order valence-corrected chi connectivity index (χ0v) is 17.2. The van der Waals surface area contributed by atoms with Crippen molar-refractivity contribution in [3.8, 4) is 6.07 Å².